The van der Waals surface area contributed by atoms with Crippen LogP contribution in [-0.2, 0) is 4.74 Å². The minimum atomic E-state index is 0.130. The molecule has 1 aromatic rings. The molecular weight excluding hydrogens is 280 g/mol. The number of halogens is 1. The topological polar surface area (TPSA) is 69.2 Å². The number of anilines is 1. The summed E-state index contributed by atoms with van der Waals surface area (Å²) < 4.78 is 11.1. The molecule has 0 radical (unpaired) electrons. The smallest absolute Gasteiger partial charge is 0.322 e. The van der Waals surface area contributed by atoms with Crippen LogP contribution in [-0.4, -0.2) is 40.8 Å². The Hall–Kier alpha value is -1.14. The van der Waals surface area contributed by atoms with E-state index in [4.69, 9.17) is 21.1 Å². The van der Waals surface area contributed by atoms with Gasteiger partial charge in [0.25, 0.3) is 0 Å². The van der Waals surface area contributed by atoms with Gasteiger partial charge in [-0.2, -0.15) is 15.0 Å². The SMILES string of the molecule is CCCOc1nc(Cl)nc(NCCOC2CCCC2)n1. The molecule has 6 nitrogen and oxygen atoms in total. The summed E-state index contributed by atoms with van der Waals surface area (Å²) in [7, 11) is 0. The van der Waals surface area contributed by atoms with Gasteiger partial charge in [0.05, 0.1) is 19.3 Å². The van der Waals surface area contributed by atoms with E-state index in [9.17, 15) is 0 Å². The Balaban J connectivity index is 1.74. The van der Waals surface area contributed by atoms with E-state index in [1.165, 1.54) is 25.7 Å². The minimum Gasteiger partial charge on any atom is -0.463 e. The average Bonchev–Trinajstić information content (AvgIpc) is 2.94. The zero-order chi connectivity index (χ0) is 14.2. The third kappa shape index (κ3) is 5.09. The van der Waals surface area contributed by atoms with Gasteiger partial charge in [0.15, 0.2) is 0 Å². The van der Waals surface area contributed by atoms with E-state index < -0.39 is 0 Å². The van der Waals surface area contributed by atoms with Crippen LogP contribution < -0.4 is 10.1 Å². The maximum atomic E-state index is 5.83. The number of hydrogen-bond donors (Lipinski definition) is 1. The lowest BCUT2D eigenvalue weighted by Gasteiger charge is -2.11. The summed E-state index contributed by atoms with van der Waals surface area (Å²) in [6.45, 7) is 3.86. The van der Waals surface area contributed by atoms with Crippen LogP contribution in [0.25, 0.3) is 0 Å². The third-order valence-electron chi connectivity index (χ3n) is 3.06. The van der Waals surface area contributed by atoms with Gasteiger partial charge < -0.3 is 14.8 Å². The Morgan fingerprint density at radius 1 is 1.20 bits per heavy atom. The van der Waals surface area contributed by atoms with Crippen LogP contribution in [0.5, 0.6) is 6.01 Å². The van der Waals surface area contributed by atoms with E-state index in [-0.39, 0.29) is 11.3 Å². The minimum absolute atomic E-state index is 0.130. The standard InChI is InChI=1S/C13H21ClN4O2/c1-2-8-20-13-17-11(14)16-12(18-13)15-7-9-19-10-5-3-4-6-10/h10H,2-9H2,1H3,(H,15,16,17,18). The van der Waals surface area contributed by atoms with Crippen molar-refractivity contribution in [2.75, 3.05) is 25.1 Å². The predicted molar refractivity (Wildman–Crippen MR) is 77.3 cm³/mol. The number of nitrogens with one attached hydrogen (secondary N) is 1. The molecule has 7 heteroatoms. The highest BCUT2D eigenvalue weighted by Crippen LogP contribution is 2.20. The summed E-state index contributed by atoms with van der Waals surface area (Å²) in [5.41, 5.74) is 0. The first-order valence-corrected chi connectivity index (χ1v) is 7.55. The fourth-order valence-electron chi connectivity index (χ4n) is 2.11. The van der Waals surface area contributed by atoms with Crippen LogP contribution in [0, 0.1) is 0 Å². The first kappa shape index (κ1) is 15.3. The van der Waals surface area contributed by atoms with Crippen LogP contribution in [0.1, 0.15) is 39.0 Å². The summed E-state index contributed by atoms with van der Waals surface area (Å²) in [6.07, 6.45) is 6.21. The van der Waals surface area contributed by atoms with Crippen molar-refractivity contribution in [2.24, 2.45) is 0 Å². The van der Waals surface area contributed by atoms with Gasteiger partial charge >= 0.3 is 6.01 Å². The van der Waals surface area contributed by atoms with Crippen molar-refractivity contribution >= 4 is 17.5 Å². The summed E-state index contributed by atoms with van der Waals surface area (Å²) in [6, 6.07) is 0.256. The molecule has 0 unspecified atom stereocenters. The van der Waals surface area contributed by atoms with Crippen molar-refractivity contribution in [1.29, 1.82) is 0 Å². The lowest BCUT2D eigenvalue weighted by atomic mass is 10.3. The van der Waals surface area contributed by atoms with Crippen LogP contribution in [0.15, 0.2) is 0 Å². The fourth-order valence-corrected chi connectivity index (χ4v) is 2.26. The number of hydrogen-bond acceptors (Lipinski definition) is 6. The van der Waals surface area contributed by atoms with Gasteiger partial charge in [-0.05, 0) is 30.9 Å². The van der Waals surface area contributed by atoms with Crippen molar-refractivity contribution in [3.63, 3.8) is 0 Å². The first-order chi connectivity index (χ1) is 9.78. The second-order valence-electron chi connectivity index (χ2n) is 4.76. The molecule has 2 rings (SSSR count). The van der Waals surface area contributed by atoms with E-state index in [1.54, 1.807) is 0 Å². The van der Waals surface area contributed by atoms with E-state index in [0.717, 1.165) is 6.42 Å². The molecule has 1 fully saturated rings. The van der Waals surface area contributed by atoms with Crippen LogP contribution in [0.4, 0.5) is 5.95 Å². The van der Waals surface area contributed by atoms with E-state index in [2.05, 4.69) is 20.3 Å². The molecule has 1 heterocycles. The van der Waals surface area contributed by atoms with Gasteiger partial charge in [0, 0.05) is 6.54 Å². The molecule has 1 aromatic heterocycles. The van der Waals surface area contributed by atoms with E-state index in [1.807, 2.05) is 6.92 Å². The molecule has 112 valence electrons. The Morgan fingerprint density at radius 3 is 2.75 bits per heavy atom. The van der Waals surface area contributed by atoms with Crippen LogP contribution >= 0.6 is 11.6 Å². The molecule has 1 aliphatic rings. The van der Waals surface area contributed by atoms with Gasteiger partial charge in [-0.3, -0.25) is 0 Å². The monoisotopic (exact) mass is 300 g/mol. The number of aromatic nitrogens is 3. The number of ether oxygens (including phenoxy) is 2. The molecule has 0 bridgehead atoms. The van der Waals surface area contributed by atoms with E-state index >= 15 is 0 Å². The van der Waals surface area contributed by atoms with Gasteiger partial charge in [-0.1, -0.05) is 19.8 Å². The Kier molecular flexibility index (Phi) is 6.26. The third-order valence-corrected chi connectivity index (χ3v) is 3.23. The van der Waals surface area contributed by atoms with Gasteiger partial charge in [-0.25, -0.2) is 0 Å². The molecule has 20 heavy (non-hydrogen) atoms. The molecule has 0 atom stereocenters. The molecule has 1 N–H and O–H groups in total. The van der Waals surface area contributed by atoms with Crippen molar-refractivity contribution in [1.82, 2.24) is 15.0 Å². The average molecular weight is 301 g/mol. The van der Waals surface area contributed by atoms with Crippen molar-refractivity contribution < 1.29 is 9.47 Å². The Morgan fingerprint density at radius 2 is 2.00 bits per heavy atom. The highest BCUT2D eigenvalue weighted by molar-refractivity contribution is 6.28. The van der Waals surface area contributed by atoms with Crippen molar-refractivity contribution in [3.8, 4) is 6.01 Å². The summed E-state index contributed by atoms with van der Waals surface area (Å²) in [5, 5.41) is 3.20. The maximum absolute atomic E-state index is 5.83. The van der Waals surface area contributed by atoms with Gasteiger partial charge in [0.2, 0.25) is 11.2 Å². The summed E-state index contributed by atoms with van der Waals surface area (Å²) >= 11 is 5.83. The molecule has 1 saturated carbocycles. The molecule has 0 saturated heterocycles. The van der Waals surface area contributed by atoms with Gasteiger partial charge in [0.1, 0.15) is 0 Å². The molecule has 0 aromatic carbocycles. The van der Waals surface area contributed by atoms with E-state index in [0.29, 0.717) is 31.8 Å². The van der Waals surface area contributed by atoms with Crippen molar-refractivity contribution in [3.05, 3.63) is 5.28 Å². The normalized spacial score (nSPS) is 15.5. The summed E-state index contributed by atoms with van der Waals surface area (Å²) in [4.78, 5) is 12.1. The zero-order valence-electron chi connectivity index (χ0n) is 11.8. The molecule has 0 amide bonds. The van der Waals surface area contributed by atoms with Gasteiger partial charge in [-0.15, -0.1) is 0 Å². The molecular formula is C13H21ClN4O2. The highest BCUT2D eigenvalue weighted by atomic mass is 35.5. The molecule has 1 aliphatic carbocycles. The Bertz CT molecular complexity index is 413. The second kappa shape index (κ2) is 8.21. The molecule has 0 aliphatic heterocycles. The maximum Gasteiger partial charge on any atom is 0.322 e. The lowest BCUT2D eigenvalue weighted by Crippen LogP contribution is -2.17. The van der Waals surface area contributed by atoms with Crippen LogP contribution in [0.2, 0.25) is 5.28 Å². The molecule has 0 spiro atoms. The number of nitrogens with zero attached hydrogens (tertiary/aromatic N) is 3. The quantitative estimate of drug-likeness (QED) is 0.744. The largest absolute Gasteiger partial charge is 0.463 e. The second-order valence-corrected chi connectivity index (χ2v) is 5.10. The number of rotatable bonds is 8. The zero-order valence-corrected chi connectivity index (χ0v) is 12.5. The summed E-state index contributed by atoms with van der Waals surface area (Å²) in [5.74, 6) is 0.422. The fraction of sp³-hybridized carbons (Fsp3) is 0.769. The first-order valence-electron chi connectivity index (χ1n) is 7.17. The predicted octanol–water partition coefficient (Wildman–Crippen LogP) is 2.68. The highest BCUT2D eigenvalue weighted by Gasteiger charge is 2.14. The lowest BCUT2D eigenvalue weighted by molar-refractivity contribution is 0.0658. The van der Waals surface area contributed by atoms with Crippen LogP contribution in [0.3, 0.4) is 0 Å². The Labute approximate surface area is 124 Å². The van der Waals surface area contributed by atoms with Crippen molar-refractivity contribution in [2.45, 2.75) is 45.1 Å².